The quantitative estimate of drug-likeness (QED) is 0.857. The van der Waals surface area contributed by atoms with E-state index in [2.05, 4.69) is 5.32 Å². The van der Waals surface area contributed by atoms with Crippen molar-refractivity contribution in [3.8, 4) is 5.75 Å². The zero-order valence-electron chi connectivity index (χ0n) is 13.5. The fourth-order valence-corrected chi connectivity index (χ4v) is 2.09. The molecule has 0 unspecified atom stereocenters. The third-order valence-corrected chi connectivity index (χ3v) is 3.28. The number of amides is 1. The van der Waals surface area contributed by atoms with Crippen LogP contribution in [0.1, 0.15) is 28.8 Å². The molecule has 1 aromatic carbocycles. The van der Waals surface area contributed by atoms with Crippen LogP contribution in [0.5, 0.6) is 5.75 Å². The highest BCUT2D eigenvalue weighted by atomic mass is 16.5. The highest BCUT2D eigenvalue weighted by Crippen LogP contribution is 2.23. The average molecular weight is 317 g/mol. The van der Waals surface area contributed by atoms with E-state index in [-0.39, 0.29) is 0 Å². The fraction of sp³-hybridized carbons (Fsp3) is 0.294. The van der Waals surface area contributed by atoms with Crippen LogP contribution in [-0.4, -0.2) is 25.1 Å². The molecule has 1 atom stereocenters. The summed E-state index contributed by atoms with van der Waals surface area (Å²) in [5, 5.41) is 2.67. The van der Waals surface area contributed by atoms with Gasteiger partial charge in [-0.25, -0.2) is 4.79 Å². The molecule has 1 amide bonds. The molecule has 0 saturated heterocycles. The first kappa shape index (κ1) is 16.6. The summed E-state index contributed by atoms with van der Waals surface area (Å²) in [6.07, 6.45) is -0.956. The number of nitrogens with one attached hydrogen (secondary N) is 1. The molecule has 0 fully saturated rings. The second-order valence-corrected chi connectivity index (χ2v) is 5.06. The number of methoxy groups -OCH3 is 1. The third kappa shape index (κ3) is 3.91. The molecule has 6 heteroatoms. The number of rotatable bonds is 5. The van der Waals surface area contributed by atoms with Crippen molar-refractivity contribution in [2.45, 2.75) is 26.9 Å². The minimum absolute atomic E-state index is 0.319. The van der Waals surface area contributed by atoms with Crippen LogP contribution in [0, 0.1) is 13.8 Å². The molecule has 2 rings (SSSR count). The van der Waals surface area contributed by atoms with E-state index in [1.54, 1.807) is 44.2 Å². The SMILES string of the molecule is COc1ccccc1NC(=O)[C@@H](C)OC(=O)c1cc(C)oc1C. The van der Waals surface area contributed by atoms with Crippen LogP contribution in [0.15, 0.2) is 34.7 Å². The predicted octanol–water partition coefficient (Wildman–Crippen LogP) is 3.09. The molecule has 0 aliphatic rings. The topological polar surface area (TPSA) is 77.8 Å². The van der Waals surface area contributed by atoms with E-state index >= 15 is 0 Å². The summed E-state index contributed by atoms with van der Waals surface area (Å²) in [4.78, 5) is 24.3. The van der Waals surface area contributed by atoms with Gasteiger partial charge in [-0.15, -0.1) is 0 Å². The maximum absolute atomic E-state index is 12.2. The number of benzene rings is 1. The highest BCUT2D eigenvalue weighted by molar-refractivity contribution is 5.98. The summed E-state index contributed by atoms with van der Waals surface area (Å²) in [5.41, 5.74) is 0.831. The van der Waals surface area contributed by atoms with Crippen molar-refractivity contribution in [3.05, 3.63) is 47.4 Å². The highest BCUT2D eigenvalue weighted by Gasteiger charge is 2.22. The molecule has 0 aliphatic carbocycles. The van der Waals surface area contributed by atoms with Crippen LogP contribution < -0.4 is 10.1 Å². The molecular weight excluding hydrogens is 298 g/mol. The van der Waals surface area contributed by atoms with Gasteiger partial charge in [-0.3, -0.25) is 4.79 Å². The summed E-state index contributed by atoms with van der Waals surface area (Å²) in [6, 6.07) is 8.58. The first-order valence-electron chi connectivity index (χ1n) is 7.14. The van der Waals surface area contributed by atoms with Crippen LogP contribution in [0.4, 0.5) is 5.69 Å². The van der Waals surface area contributed by atoms with Gasteiger partial charge in [0.05, 0.1) is 12.8 Å². The molecule has 0 aliphatic heterocycles. The Morgan fingerprint density at radius 1 is 1.22 bits per heavy atom. The zero-order valence-corrected chi connectivity index (χ0v) is 13.5. The molecule has 0 saturated carbocycles. The Kier molecular flexibility index (Phi) is 5.05. The van der Waals surface area contributed by atoms with Gasteiger partial charge in [-0.1, -0.05) is 12.1 Å². The molecule has 6 nitrogen and oxygen atoms in total. The number of ether oxygens (including phenoxy) is 2. The van der Waals surface area contributed by atoms with E-state index in [0.717, 1.165) is 0 Å². The molecule has 23 heavy (non-hydrogen) atoms. The zero-order chi connectivity index (χ0) is 17.0. The van der Waals surface area contributed by atoms with Gasteiger partial charge in [0.1, 0.15) is 22.8 Å². The summed E-state index contributed by atoms with van der Waals surface area (Å²) < 4.78 is 15.6. The largest absolute Gasteiger partial charge is 0.495 e. The number of esters is 1. The van der Waals surface area contributed by atoms with Crippen LogP contribution in [0.2, 0.25) is 0 Å². The number of furan rings is 1. The maximum atomic E-state index is 12.2. The van der Waals surface area contributed by atoms with Gasteiger partial charge in [0.25, 0.3) is 5.91 Å². The number of hydrogen-bond acceptors (Lipinski definition) is 5. The first-order chi connectivity index (χ1) is 10.9. The normalized spacial score (nSPS) is 11.7. The third-order valence-electron chi connectivity index (χ3n) is 3.28. The monoisotopic (exact) mass is 317 g/mol. The van der Waals surface area contributed by atoms with Crippen molar-refractivity contribution in [1.82, 2.24) is 0 Å². The Hall–Kier alpha value is -2.76. The fourth-order valence-electron chi connectivity index (χ4n) is 2.09. The van der Waals surface area contributed by atoms with Crippen LogP contribution in [-0.2, 0) is 9.53 Å². The molecule has 0 spiro atoms. The van der Waals surface area contributed by atoms with Gasteiger partial charge in [0, 0.05) is 0 Å². The smallest absolute Gasteiger partial charge is 0.342 e. The van der Waals surface area contributed by atoms with Crippen molar-refractivity contribution in [1.29, 1.82) is 0 Å². The molecule has 1 N–H and O–H groups in total. The number of anilines is 1. The summed E-state index contributed by atoms with van der Waals surface area (Å²) >= 11 is 0. The van der Waals surface area contributed by atoms with Gasteiger partial charge >= 0.3 is 5.97 Å². The summed E-state index contributed by atoms with van der Waals surface area (Å²) in [6.45, 7) is 4.91. The van der Waals surface area contributed by atoms with E-state index in [9.17, 15) is 9.59 Å². The second-order valence-electron chi connectivity index (χ2n) is 5.06. The van der Waals surface area contributed by atoms with E-state index in [1.165, 1.54) is 14.0 Å². The van der Waals surface area contributed by atoms with Crippen molar-refractivity contribution in [3.63, 3.8) is 0 Å². The molecule has 0 radical (unpaired) electrons. The second kappa shape index (κ2) is 7.00. The van der Waals surface area contributed by atoms with Crippen LogP contribution in [0.25, 0.3) is 0 Å². The Morgan fingerprint density at radius 3 is 2.52 bits per heavy atom. The van der Waals surface area contributed by atoms with Crippen molar-refractivity contribution in [2.75, 3.05) is 12.4 Å². The van der Waals surface area contributed by atoms with Gasteiger partial charge in [-0.05, 0) is 39.0 Å². The molecule has 122 valence electrons. The lowest BCUT2D eigenvalue weighted by molar-refractivity contribution is -0.123. The summed E-state index contributed by atoms with van der Waals surface area (Å²) in [7, 11) is 1.51. The molecule has 1 aromatic heterocycles. The van der Waals surface area contributed by atoms with Crippen molar-refractivity contribution in [2.24, 2.45) is 0 Å². The Balaban J connectivity index is 2.02. The van der Waals surface area contributed by atoms with E-state index in [0.29, 0.717) is 28.5 Å². The van der Waals surface area contributed by atoms with Crippen LogP contribution >= 0.6 is 0 Å². The van der Waals surface area contributed by atoms with E-state index < -0.39 is 18.0 Å². The predicted molar refractivity (Wildman–Crippen MR) is 84.7 cm³/mol. The molecule has 0 bridgehead atoms. The number of para-hydroxylation sites is 2. The Morgan fingerprint density at radius 2 is 1.91 bits per heavy atom. The van der Waals surface area contributed by atoms with E-state index in [1.807, 2.05) is 0 Å². The lowest BCUT2D eigenvalue weighted by Crippen LogP contribution is -2.30. The molecule has 2 aromatic rings. The number of hydrogen-bond donors (Lipinski definition) is 1. The van der Waals surface area contributed by atoms with Gasteiger partial charge in [-0.2, -0.15) is 0 Å². The lowest BCUT2D eigenvalue weighted by Gasteiger charge is -2.14. The Bertz CT molecular complexity index is 720. The van der Waals surface area contributed by atoms with Crippen molar-refractivity contribution >= 4 is 17.6 Å². The van der Waals surface area contributed by atoms with Crippen molar-refractivity contribution < 1.29 is 23.5 Å². The van der Waals surface area contributed by atoms with Crippen LogP contribution in [0.3, 0.4) is 0 Å². The minimum atomic E-state index is -0.956. The molecular formula is C17H19NO5. The van der Waals surface area contributed by atoms with Gasteiger partial charge in [0.2, 0.25) is 0 Å². The Labute approximate surface area is 134 Å². The number of carbonyl (C=O) groups excluding carboxylic acids is 2. The standard InChI is InChI=1S/C17H19NO5/c1-10-9-13(11(2)22-10)17(20)23-12(3)16(19)18-14-7-5-6-8-15(14)21-4/h5-9,12H,1-4H3,(H,18,19)/t12-/m1/s1. The van der Waals surface area contributed by atoms with Gasteiger partial charge < -0.3 is 19.2 Å². The lowest BCUT2D eigenvalue weighted by atomic mass is 10.2. The molecule has 1 heterocycles. The number of carbonyl (C=O) groups is 2. The van der Waals surface area contributed by atoms with E-state index in [4.69, 9.17) is 13.9 Å². The summed E-state index contributed by atoms with van der Waals surface area (Å²) in [5.74, 6) is 0.564. The van der Waals surface area contributed by atoms with Gasteiger partial charge in [0.15, 0.2) is 6.10 Å². The maximum Gasteiger partial charge on any atom is 0.342 e. The number of aryl methyl sites for hydroxylation is 2. The first-order valence-corrected chi connectivity index (χ1v) is 7.14. The minimum Gasteiger partial charge on any atom is -0.495 e. The average Bonchev–Trinajstić information content (AvgIpc) is 2.86.